The molecule has 3 heterocycles. The van der Waals surface area contributed by atoms with Crippen molar-refractivity contribution in [2.24, 2.45) is 7.05 Å². The van der Waals surface area contributed by atoms with Gasteiger partial charge >= 0.3 is 0 Å². The van der Waals surface area contributed by atoms with Crippen molar-refractivity contribution in [2.45, 2.75) is 44.8 Å². The van der Waals surface area contributed by atoms with Gasteiger partial charge in [0.15, 0.2) is 5.69 Å². The summed E-state index contributed by atoms with van der Waals surface area (Å²) in [7, 11) is 1.81. The van der Waals surface area contributed by atoms with Gasteiger partial charge in [-0.2, -0.15) is 5.10 Å². The van der Waals surface area contributed by atoms with E-state index in [1.54, 1.807) is 9.58 Å². The van der Waals surface area contributed by atoms with Gasteiger partial charge in [-0.05, 0) is 25.0 Å². The maximum absolute atomic E-state index is 12.8. The molecule has 3 amide bonds. The number of para-hydroxylation sites is 1. The first-order valence-electron chi connectivity index (χ1n) is 11.1. The van der Waals surface area contributed by atoms with Crippen LogP contribution in [0.15, 0.2) is 30.3 Å². The molecule has 9 heteroatoms. The molecule has 2 aliphatic rings. The molecule has 0 saturated carbocycles. The fourth-order valence-corrected chi connectivity index (χ4v) is 4.20. The second-order valence-corrected chi connectivity index (χ2v) is 8.22. The van der Waals surface area contributed by atoms with Gasteiger partial charge in [-0.15, -0.1) is 0 Å². The monoisotopic (exact) mass is 439 g/mol. The van der Waals surface area contributed by atoms with Crippen LogP contribution in [0.25, 0.3) is 0 Å². The molecule has 9 nitrogen and oxygen atoms in total. The molecule has 2 aliphatic heterocycles. The minimum Gasteiger partial charge on any atom is -0.376 e. The summed E-state index contributed by atoms with van der Waals surface area (Å²) in [5.74, 6) is -0.534. The Labute approximate surface area is 187 Å². The fourth-order valence-electron chi connectivity index (χ4n) is 4.20. The van der Waals surface area contributed by atoms with E-state index >= 15 is 0 Å². The molecule has 0 aliphatic carbocycles. The Morgan fingerprint density at radius 2 is 2.00 bits per heavy atom. The van der Waals surface area contributed by atoms with Crippen molar-refractivity contribution in [2.75, 3.05) is 25.0 Å². The average Bonchev–Trinajstić information content (AvgIpc) is 3.44. The van der Waals surface area contributed by atoms with Crippen molar-refractivity contribution in [3.63, 3.8) is 0 Å². The van der Waals surface area contributed by atoms with Crippen LogP contribution in [-0.4, -0.2) is 58.2 Å². The summed E-state index contributed by atoms with van der Waals surface area (Å²) in [6.07, 6.45) is 2.97. The number of hydrogen-bond donors (Lipinski definition) is 2. The number of aromatic nitrogens is 2. The Bertz CT molecular complexity index is 982. The van der Waals surface area contributed by atoms with Gasteiger partial charge in [-0.3, -0.25) is 19.1 Å². The molecule has 2 aromatic rings. The molecule has 1 aromatic heterocycles. The molecular weight excluding hydrogens is 410 g/mol. The van der Waals surface area contributed by atoms with Gasteiger partial charge in [0.2, 0.25) is 11.8 Å². The van der Waals surface area contributed by atoms with Crippen LogP contribution in [0.1, 0.15) is 47.4 Å². The van der Waals surface area contributed by atoms with Gasteiger partial charge in [-0.25, -0.2) is 0 Å². The number of benzene rings is 1. The highest BCUT2D eigenvalue weighted by molar-refractivity contribution is 6.04. The number of ether oxygens (including phenoxy) is 1. The Morgan fingerprint density at radius 1 is 1.19 bits per heavy atom. The molecule has 4 rings (SSSR count). The van der Waals surface area contributed by atoms with Crippen LogP contribution in [0.5, 0.6) is 0 Å². The predicted octanol–water partition coefficient (Wildman–Crippen LogP) is 1.63. The first-order valence-corrected chi connectivity index (χ1v) is 11.1. The summed E-state index contributed by atoms with van der Waals surface area (Å²) in [6, 6.07) is 9.20. The molecular formula is C23H29N5O4. The Morgan fingerprint density at radius 3 is 2.75 bits per heavy atom. The number of rotatable bonds is 7. The summed E-state index contributed by atoms with van der Waals surface area (Å²) in [4.78, 5) is 39.4. The predicted molar refractivity (Wildman–Crippen MR) is 118 cm³/mol. The normalized spacial score (nSPS) is 17.7. The molecule has 0 unspecified atom stereocenters. The highest BCUT2D eigenvalue weighted by atomic mass is 16.5. The van der Waals surface area contributed by atoms with Gasteiger partial charge < -0.3 is 20.3 Å². The average molecular weight is 440 g/mol. The quantitative estimate of drug-likeness (QED) is 0.682. The summed E-state index contributed by atoms with van der Waals surface area (Å²) in [6.45, 7) is 2.10. The second kappa shape index (κ2) is 9.95. The minimum atomic E-state index is -0.296. The molecule has 1 fully saturated rings. The van der Waals surface area contributed by atoms with Gasteiger partial charge in [0.25, 0.3) is 5.91 Å². The minimum absolute atomic E-state index is 0.0844. The summed E-state index contributed by atoms with van der Waals surface area (Å²) < 4.78 is 7.21. The van der Waals surface area contributed by atoms with Gasteiger partial charge in [0.05, 0.1) is 6.10 Å². The largest absolute Gasteiger partial charge is 0.376 e. The van der Waals surface area contributed by atoms with E-state index in [0.29, 0.717) is 37.4 Å². The zero-order chi connectivity index (χ0) is 22.5. The summed E-state index contributed by atoms with van der Waals surface area (Å²) in [5.41, 5.74) is 2.75. The number of hydrogen-bond acceptors (Lipinski definition) is 5. The van der Waals surface area contributed by atoms with Gasteiger partial charge in [-0.1, -0.05) is 18.2 Å². The zero-order valence-corrected chi connectivity index (χ0v) is 18.3. The number of fused-ring (bicyclic) bond motifs is 1. The first kappa shape index (κ1) is 22.0. The third kappa shape index (κ3) is 5.16. The van der Waals surface area contributed by atoms with E-state index in [-0.39, 0.29) is 36.7 Å². The van der Waals surface area contributed by atoms with Crippen LogP contribution in [0.4, 0.5) is 5.69 Å². The summed E-state index contributed by atoms with van der Waals surface area (Å²) in [5, 5.41) is 10.1. The van der Waals surface area contributed by atoms with E-state index in [9.17, 15) is 14.4 Å². The maximum atomic E-state index is 12.8. The van der Waals surface area contributed by atoms with E-state index in [1.807, 2.05) is 37.4 Å². The van der Waals surface area contributed by atoms with Crippen LogP contribution in [0.2, 0.25) is 0 Å². The van der Waals surface area contributed by atoms with Gasteiger partial charge in [0, 0.05) is 69.5 Å². The highest BCUT2D eigenvalue weighted by Gasteiger charge is 2.29. The third-order valence-corrected chi connectivity index (χ3v) is 5.96. The van der Waals surface area contributed by atoms with Crippen molar-refractivity contribution >= 4 is 23.4 Å². The number of nitrogens with zero attached hydrogens (tertiary/aromatic N) is 3. The third-order valence-electron chi connectivity index (χ3n) is 5.96. The lowest BCUT2D eigenvalue weighted by molar-refractivity contribution is -0.134. The van der Waals surface area contributed by atoms with Crippen LogP contribution < -0.4 is 10.6 Å². The van der Waals surface area contributed by atoms with Crippen LogP contribution in [-0.2, 0) is 34.3 Å². The summed E-state index contributed by atoms with van der Waals surface area (Å²) >= 11 is 0. The zero-order valence-electron chi connectivity index (χ0n) is 18.3. The van der Waals surface area contributed by atoms with E-state index in [2.05, 4.69) is 15.7 Å². The molecule has 1 saturated heterocycles. The molecule has 0 spiro atoms. The smallest absolute Gasteiger partial charge is 0.276 e. The number of anilines is 1. The number of carbonyl (C=O) groups is 3. The number of carbonyl (C=O) groups excluding carboxylic acids is 3. The standard InChI is InChI=1S/C23H29N5O4/c1-27-19-11-12-28(21(30)10-9-20(29)24-14-17-8-5-13-32-17)15-18(19)22(26-27)23(31)25-16-6-3-2-4-7-16/h2-4,6-7,17H,5,8-15H2,1H3,(H,24,29)(H,25,31)/t17-/m1/s1. The Balaban J connectivity index is 1.33. The molecule has 1 aromatic carbocycles. The SMILES string of the molecule is Cn1nc(C(=O)Nc2ccccc2)c2c1CCN(C(=O)CCC(=O)NC[C@H]1CCCO1)C2. The topological polar surface area (TPSA) is 106 Å². The first-order chi connectivity index (χ1) is 15.5. The van der Waals surface area contributed by atoms with E-state index in [1.165, 1.54) is 0 Å². The van der Waals surface area contributed by atoms with Crippen molar-refractivity contribution in [1.82, 2.24) is 20.0 Å². The van der Waals surface area contributed by atoms with Crippen LogP contribution >= 0.6 is 0 Å². The lowest BCUT2D eigenvalue weighted by atomic mass is 10.0. The van der Waals surface area contributed by atoms with Crippen molar-refractivity contribution in [1.29, 1.82) is 0 Å². The lowest BCUT2D eigenvalue weighted by Crippen LogP contribution is -2.38. The lowest BCUT2D eigenvalue weighted by Gasteiger charge is -2.27. The fraction of sp³-hybridized carbons (Fsp3) is 0.478. The van der Waals surface area contributed by atoms with Crippen molar-refractivity contribution < 1.29 is 19.1 Å². The van der Waals surface area contributed by atoms with Crippen molar-refractivity contribution in [3.8, 4) is 0 Å². The van der Waals surface area contributed by atoms with E-state index in [4.69, 9.17) is 4.74 Å². The molecule has 0 bridgehead atoms. The Hall–Kier alpha value is -3.20. The van der Waals surface area contributed by atoms with E-state index < -0.39 is 0 Å². The van der Waals surface area contributed by atoms with Gasteiger partial charge in [0.1, 0.15) is 0 Å². The second-order valence-electron chi connectivity index (χ2n) is 8.22. The van der Waals surface area contributed by atoms with Crippen LogP contribution in [0, 0.1) is 0 Å². The molecule has 170 valence electrons. The molecule has 2 N–H and O–H groups in total. The Kier molecular flexibility index (Phi) is 6.84. The molecule has 0 radical (unpaired) electrons. The van der Waals surface area contributed by atoms with Crippen LogP contribution in [0.3, 0.4) is 0 Å². The van der Waals surface area contributed by atoms with E-state index in [0.717, 1.165) is 30.7 Å². The molecule has 32 heavy (non-hydrogen) atoms. The number of nitrogens with one attached hydrogen (secondary N) is 2. The number of amides is 3. The van der Waals surface area contributed by atoms with Crippen molar-refractivity contribution in [3.05, 3.63) is 47.3 Å². The maximum Gasteiger partial charge on any atom is 0.276 e. The highest BCUT2D eigenvalue weighted by Crippen LogP contribution is 2.24. The number of aryl methyl sites for hydroxylation is 1. The molecule has 1 atom stereocenters.